The van der Waals surface area contributed by atoms with Crippen LogP contribution in [0, 0.1) is 19.7 Å². The molecule has 3 heterocycles. The van der Waals surface area contributed by atoms with Crippen LogP contribution in [-0.4, -0.2) is 20.3 Å². The van der Waals surface area contributed by atoms with Gasteiger partial charge in [0.15, 0.2) is 5.82 Å². The number of thiophene rings is 1. The normalized spacial score (nSPS) is 11.5. The highest BCUT2D eigenvalue weighted by Gasteiger charge is 2.18. The Balaban J connectivity index is 1.73. The Morgan fingerprint density at radius 3 is 2.75 bits per heavy atom. The first-order valence-corrected chi connectivity index (χ1v) is 8.31. The first-order valence-electron chi connectivity index (χ1n) is 7.49. The molecule has 4 rings (SSSR count). The van der Waals surface area contributed by atoms with Gasteiger partial charge in [-0.25, -0.2) is 9.37 Å². The summed E-state index contributed by atoms with van der Waals surface area (Å²) >= 11 is 1.53. The van der Waals surface area contributed by atoms with Crippen molar-refractivity contribution in [1.29, 1.82) is 0 Å². The number of nitrogens with zero attached hydrogens (tertiary/aromatic N) is 2. The van der Waals surface area contributed by atoms with Gasteiger partial charge in [-0.15, -0.1) is 11.3 Å². The molecule has 0 unspecified atom stereocenters. The second-order valence-electron chi connectivity index (χ2n) is 5.71. The van der Waals surface area contributed by atoms with Gasteiger partial charge in [0.2, 0.25) is 0 Å². The zero-order chi connectivity index (χ0) is 16.8. The Morgan fingerprint density at radius 1 is 1.25 bits per heavy atom. The zero-order valence-corrected chi connectivity index (χ0v) is 14.0. The fraction of sp³-hybridized carbons (Fsp3) is 0.176. The van der Waals surface area contributed by atoms with Crippen molar-refractivity contribution in [2.45, 2.75) is 20.4 Å². The van der Waals surface area contributed by atoms with E-state index in [1.807, 2.05) is 6.92 Å². The summed E-state index contributed by atoms with van der Waals surface area (Å²) in [4.78, 5) is 5.34. The van der Waals surface area contributed by atoms with Gasteiger partial charge >= 0.3 is 0 Å². The molecular weight excluding hydrogens is 327 g/mol. The van der Waals surface area contributed by atoms with Gasteiger partial charge in [0.25, 0.3) is 0 Å². The summed E-state index contributed by atoms with van der Waals surface area (Å²) in [5.41, 5.74) is 3.27. The molecule has 0 fully saturated rings. The minimum absolute atomic E-state index is 0.220. The quantitative estimate of drug-likeness (QED) is 0.520. The Bertz CT molecular complexity index is 1050. The second-order valence-corrected chi connectivity index (χ2v) is 6.71. The van der Waals surface area contributed by atoms with Gasteiger partial charge in [-0.1, -0.05) is 12.1 Å². The number of hydrogen-bond donors (Lipinski definition) is 3. The SMILES string of the molecule is Cc1nc2sc3c(NCc4ccc(F)cc4)n[nH]c3c2c(C)c1O. The van der Waals surface area contributed by atoms with Crippen LogP contribution in [0.3, 0.4) is 0 Å². The molecule has 0 radical (unpaired) electrons. The van der Waals surface area contributed by atoms with E-state index >= 15 is 0 Å². The lowest BCUT2D eigenvalue weighted by molar-refractivity contribution is 0.465. The minimum atomic E-state index is -0.248. The highest BCUT2D eigenvalue weighted by molar-refractivity contribution is 7.26. The number of H-pyrrole nitrogens is 1. The summed E-state index contributed by atoms with van der Waals surface area (Å²) < 4.78 is 13.9. The number of pyridine rings is 1. The van der Waals surface area contributed by atoms with Crippen LogP contribution in [0.5, 0.6) is 5.75 Å². The predicted octanol–water partition coefficient (Wildman–Crippen LogP) is 4.25. The zero-order valence-electron chi connectivity index (χ0n) is 13.1. The van der Waals surface area contributed by atoms with Gasteiger partial charge in [-0.3, -0.25) is 5.10 Å². The van der Waals surface area contributed by atoms with Crippen molar-refractivity contribution in [1.82, 2.24) is 15.2 Å². The molecule has 0 atom stereocenters. The van der Waals surface area contributed by atoms with Crippen LogP contribution >= 0.6 is 11.3 Å². The van der Waals surface area contributed by atoms with Crippen molar-refractivity contribution in [3.63, 3.8) is 0 Å². The van der Waals surface area contributed by atoms with Gasteiger partial charge in [-0.2, -0.15) is 5.10 Å². The summed E-state index contributed by atoms with van der Waals surface area (Å²) in [6.45, 7) is 4.22. The molecule has 0 aliphatic heterocycles. The molecule has 5 nitrogen and oxygen atoms in total. The topological polar surface area (TPSA) is 73.8 Å². The van der Waals surface area contributed by atoms with Gasteiger partial charge < -0.3 is 10.4 Å². The number of halogens is 1. The predicted molar refractivity (Wildman–Crippen MR) is 94.1 cm³/mol. The first kappa shape index (κ1) is 14.9. The van der Waals surface area contributed by atoms with Crippen molar-refractivity contribution in [3.05, 3.63) is 46.9 Å². The van der Waals surface area contributed by atoms with Crippen LogP contribution in [0.15, 0.2) is 24.3 Å². The fourth-order valence-electron chi connectivity index (χ4n) is 2.78. The largest absolute Gasteiger partial charge is 0.506 e. The molecule has 24 heavy (non-hydrogen) atoms. The van der Waals surface area contributed by atoms with Crippen LogP contribution < -0.4 is 5.32 Å². The molecule has 0 spiro atoms. The maximum Gasteiger partial charge on any atom is 0.166 e. The average Bonchev–Trinajstić information content (AvgIpc) is 3.11. The van der Waals surface area contributed by atoms with Gasteiger partial charge in [-0.05, 0) is 31.5 Å². The number of hydrogen-bond acceptors (Lipinski definition) is 5. The molecule has 3 aromatic heterocycles. The number of rotatable bonds is 3. The Hall–Kier alpha value is -2.67. The second kappa shape index (κ2) is 5.45. The van der Waals surface area contributed by atoms with Crippen LogP contribution in [0.1, 0.15) is 16.8 Å². The highest BCUT2D eigenvalue weighted by Crippen LogP contribution is 2.40. The number of fused-ring (bicyclic) bond motifs is 3. The van der Waals surface area contributed by atoms with Crippen LogP contribution in [0.25, 0.3) is 20.4 Å². The number of nitrogens with one attached hydrogen (secondary N) is 2. The van der Waals surface area contributed by atoms with Gasteiger partial charge in [0.1, 0.15) is 16.4 Å². The summed E-state index contributed by atoms with van der Waals surface area (Å²) in [6.07, 6.45) is 0. The molecule has 0 aliphatic carbocycles. The lowest BCUT2D eigenvalue weighted by Crippen LogP contribution is -1.99. The molecule has 0 saturated carbocycles. The van der Waals surface area contributed by atoms with E-state index in [1.54, 1.807) is 19.1 Å². The van der Waals surface area contributed by atoms with E-state index in [1.165, 1.54) is 23.5 Å². The Labute approximate surface area is 141 Å². The molecule has 7 heteroatoms. The van der Waals surface area contributed by atoms with E-state index in [0.717, 1.165) is 37.4 Å². The van der Waals surface area contributed by atoms with E-state index in [4.69, 9.17) is 0 Å². The summed E-state index contributed by atoms with van der Waals surface area (Å²) in [5.74, 6) is 0.702. The maximum absolute atomic E-state index is 13.0. The molecule has 0 amide bonds. The standard InChI is InChI=1S/C17H15FN4OS/c1-8-12-13-15(24-17(12)20-9(2)14(8)23)16(22-21-13)19-7-10-3-5-11(18)6-4-10/h3-6,23H,7H2,1-2H3,(H2,19,21,22). The van der Waals surface area contributed by atoms with E-state index in [2.05, 4.69) is 20.5 Å². The average molecular weight is 342 g/mol. The van der Waals surface area contributed by atoms with E-state index in [0.29, 0.717) is 12.2 Å². The smallest absolute Gasteiger partial charge is 0.166 e. The third-order valence-corrected chi connectivity index (χ3v) is 5.19. The van der Waals surface area contributed by atoms with E-state index in [9.17, 15) is 9.50 Å². The lowest BCUT2D eigenvalue weighted by Gasteiger charge is -2.03. The Morgan fingerprint density at radius 2 is 2.00 bits per heavy atom. The fourth-order valence-corrected chi connectivity index (χ4v) is 3.98. The third kappa shape index (κ3) is 2.28. The summed E-state index contributed by atoms with van der Waals surface area (Å²) in [7, 11) is 0. The third-order valence-electron chi connectivity index (χ3n) is 4.10. The molecule has 0 saturated heterocycles. The van der Waals surface area contributed by atoms with Crippen molar-refractivity contribution >= 4 is 37.6 Å². The summed E-state index contributed by atoms with van der Waals surface area (Å²) in [5, 5.41) is 21.6. The highest BCUT2D eigenvalue weighted by atomic mass is 32.1. The van der Waals surface area contributed by atoms with Crippen molar-refractivity contribution in [3.8, 4) is 5.75 Å². The van der Waals surface area contributed by atoms with Crippen LogP contribution in [0.4, 0.5) is 10.2 Å². The number of aromatic hydroxyl groups is 1. The first-order chi connectivity index (χ1) is 11.5. The van der Waals surface area contributed by atoms with Gasteiger partial charge in [0.05, 0.1) is 15.9 Å². The molecule has 3 N–H and O–H groups in total. The monoisotopic (exact) mass is 342 g/mol. The molecule has 0 bridgehead atoms. The van der Waals surface area contributed by atoms with Crippen molar-refractivity contribution in [2.75, 3.05) is 5.32 Å². The van der Waals surface area contributed by atoms with Crippen molar-refractivity contribution < 1.29 is 9.50 Å². The maximum atomic E-state index is 13.0. The molecule has 122 valence electrons. The Kier molecular flexibility index (Phi) is 3.38. The number of aryl methyl sites for hydroxylation is 2. The minimum Gasteiger partial charge on any atom is -0.506 e. The number of benzene rings is 1. The number of aromatic amines is 1. The van der Waals surface area contributed by atoms with E-state index < -0.39 is 0 Å². The number of aromatic nitrogens is 3. The van der Waals surface area contributed by atoms with Crippen LogP contribution in [-0.2, 0) is 6.54 Å². The molecule has 4 aromatic rings. The van der Waals surface area contributed by atoms with E-state index in [-0.39, 0.29) is 11.6 Å². The van der Waals surface area contributed by atoms with Crippen LogP contribution in [0.2, 0.25) is 0 Å². The molecular formula is C17H15FN4OS. The number of anilines is 1. The van der Waals surface area contributed by atoms with Crippen molar-refractivity contribution in [2.24, 2.45) is 0 Å². The summed E-state index contributed by atoms with van der Waals surface area (Å²) in [6, 6.07) is 6.36. The molecule has 1 aromatic carbocycles. The lowest BCUT2D eigenvalue weighted by atomic mass is 10.1. The van der Waals surface area contributed by atoms with Gasteiger partial charge in [0, 0.05) is 17.5 Å². The molecule has 0 aliphatic rings.